The molecule has 0 spiro atoms. The molecule has 0 unspecified atom stereocenters. The van der Waals surface area contributed by atoms with E-state index in [1.165, 1.54) is 0 Å². The summed E-state index contributed by atoms with van der Waals surface area (Å²) in [7, 11) is 0. The molecule has 0 N–H and O–H groups in total. The van der Waals surface area contributed by atoms with Gasteiger partial charge in [0.25, 0.3) is 11.8 Å². The average molecular weight is 298 g/mol. The van der Waals surface area contributed by atoms with E-state index in [9.17, 15) is 14.4 Å². The quantitative estimate of drug-likeness (QED) is 0.786. The van der Waals surface area contributed by atoms with E-state index in [4.69, 9.17) is 0 Å². The van der Waals surface area contributed by atoms with Gasteiger partial charge < -0.3 is 4.90 Å². The van der Waals surface area contributed by atoms with Crippen molar-refractivity contribution < 1.29 is 14.4 Å². The number of hydrogen-bond acceptors (Lipinski definition) is 3. The van der Waals surface area contributed by atoms with E-state index in [-0.39, 0.29) is 11.8 Å². The van der Waals surface area contributed by atoms with E-state index in [0.29, 0.717) is 19.4 Å². The highest BCUT2D eigenvalue weighted by atomic mass is 16.2. The van der Waals surface area contributed by atoms with Gasteiger partial charge in [-0.25, -0.2) is 0 Å². The Labute approximate surface area is 129 Å². The first kappa shape index (κ1) is 14.5. The van der Waals surface area contributed by atoms with Crippen LogP contribution in [0.15, 0.2) is 43.0 Å². The second-order valence-corrected chi connectivity index (χ2v) is 5.65. The highest BCUT2D eigenvalue weighted by Gasteiger charge is 2.49. The first-order valence-electron chi connectivity index (χ1n) is 7.47. The van der Waals surface area contributed by atoms with Crippen molar-refractivity contribution in [3.8, 4) is 0 Å². The summed E-state index contributed by atoms with van der Waals surface area (Å²) in [4.78, 5) is 40.2. The molecule has 2 aliphatic rings. The number of amides is 3. The van der Waals surface area contributed by atoms with Crippen molar-refractivity contribution in [1.29, 1.82) is 0 Å². The highest BCUT2D eigenvalue weighted by molar-refractivity contribution is 6.09. The Kier molecular flexibility index (Phi) is 3.79. The summed E-state index contributed by atoms with van der Waals surface area (Å²) in [6, 6.07) is 8.18. The molecule has 2 fully saturated rings. The Morgan fingerprint density at radius 2 is 1.95 bits per heavy atom. The van der Waals surface area contributed by atoms with Gasteiger partial charge in [0.05, 0.1) is 0 Å². The first-order chi connectivity index (χ1) is 10.6. The van der Waals surface area contributed by atoms with E-state index < -0.39 is 18.0 Å². The van der Waals surface area contributed by atoms with Crippen LogP contribution in [0.25, 0.3) is 0 Å². The molecule has 114 valence electrons. The van der Waals surface area contributed by atoms with E-state index in [1.807, 2.05) is 30.3 Å². The van der Waals surface area contributed by atoms with E-state index >= 15 is 0 Å². The molecular weight excluding hydrogens is 280 g/mol. The van der Waals surface area contributed by atoms with Gasteiger partial charge >= 0.3 is 0 Å². The Hall–Kier alpha value is -2.43. The molecule has 1 aromatic rings. The maximum absolute atomic E-state index is 12.7. The minimum Gasteiger partial charge on any atom is -0.329 e. The zero-order chi connectivity index (χ0) is 15.7. The summed E-state index contributed by atoms with van der Waals surface area (Å²) >= 11 is 0. The van der Waals surface area contributed by atoms with Crippen molar-refractivity contribution in [3.05, 3.63) is 48.6 Å². The van der Waals surface area contributed by atoms with Gasteiger partial charge in [-0.15, -0.1) is 0 Å². The minimum atomic E-state index is -0.769. The van der Waals surface area contributed by atoms with Gasteiger partial charge in [0.1, 0.15) is 12.1 Å². The first-order valence-corrected chi connectivity index (χ1v) is 7.47. The molecule has 0 bridgehead atoms. The van der Waals surface area contributed by atoms with Crippen molar-refractivity contribution in [2.75, 3.05) is 6.54 Å². The number of carbonyl (C=O) groups excluding carboxylic acids is 3. The molecule has 22 heavy (non-hydrogen) atoms. The average Bonchev–Trinajstić information content (AvgIpc) is 3.03. The fraction of sp³-hybridized carbons (Fsp3) is 0.353. The lowest BCUT2D eigenvalue weighted by molar-refractivity contribution is -0.164. The van der Waals surface area contributed by atoms with Crippen LogP contribution in [0, 0.1) is 0 Å². The maximum atomic E-state index is 12.7. The molecule has 5 heteroatoms. The molecule has 0 aliphatic carbocycles. The topological polar surface area (TPSA) is 57.7 Å². The third-order valence-corrected chi connectivity index (χ3v) is 4.34. The lowest BCUT2D eigenvalue weighted by Gasteiger charge is -2.40. The SMILES string of the molecule is C=CC(=O)N1C(=O)[C@H]2CCCN2C(=O)[C@@H]1Cc1ccccc1. The third-order valence-electron chi connectivity index (χ3n) is 4.34. The normalized spacial score (nSPS) is 24.4. The van der Waals surface area contributed by atoms with Crippen molar-refractivity contribution in [2.45, 2.75) is 31.3 Å². The minimum absolute atomic E-state index is 0.138. The molecule has 1 aromatic carbocycles. The summed E-state index contributed by atoms with van der Waals surface area (Å²) in [5.74, 6) is -0.907. The van der Waals surface area contributed by atoms with Gasteiger partial charge in [-0.1, -0.05) is 36.9 Å². The Morgan fingerprint density at radius 3 is 2.64 bits per heavy atom. The molecule has 2 atom stereocenters. The van der Waals surface area contributed by atoms with Gasteiger partial charge in [-0.05, 0) is 24.5 Å². The summed E-state index contributed by atoms with van der Waals surface area (Å²) in [6.45, 7) is 4.05. The zero-order valence-corrected chi connectivity index (χ0v) is 12.3. The van der Waals surface area contributed by atoms with Crippen LogP contribution in [0.5, 0.6) is 0 Å². The number of nitrogens with zero attached hydrogens (tertiary/aromatic N) is 2. The number of piperazine rings is 1. The zero-order valence-electron chi connectivity index (χ0n) is 12.3. The van der Waals surface area contributed by atoms with Crippen LogP contribution in [0.4, 0.5) is 0 Å². The number of hydrogen-bond donors (Lipinski definition) is 0. The predicted molar refractivity (Wildman–Crippen MR) is 80.7 cm³/mol. The molecule has 3 rings (SSSR count). The second-order valence-electron chi connectivity index (χ2n) is 5.65. The van der Waals surface area contributed by atoms with Gasteiger partial charge in [0.15, 0.2) is 0 Å². The van der Waals surface area contributed by atoms with Crippen LogP contribution >= 0.6 is 0 Å². The number of benzene rings is 1. The molecular formula is C17H18N2O3. The smallest absolute Gasteiger partial charge is 0.253 e. The van der Waals surface area contributed by atoms with Crippen LogP contribution in [-0.2, 0) is 20.8 Å². The Morgan fingerprint density at radius 1 is 1.23 bits per heavy atom. The molecule has 2 heterocycles. The highest BCUT2D eigenvalue weighted by Crippen LogP contribution is 2.28. The van der Waals surface area contributed by atoms with Gasteiger partial charge in [-0.2, -0.15) is 0 Å². The summed E-state index contributed by atoms with van der Waals surface area (Å²) in [5.41, 5.74) is 0.924. The molecule has 5 nitrogen and oxygen atoms in total. The molecule has 2 saturated heterocycles. The lowest BCUT2D eigenvalue weighted by atomic mass is 9.98. The van der Waals surface area contributed by atoms with E-state index in [2.05, 4.69) is 6.58 Å². The maximum Gasteiger partial charge on any atom is 0.253 e. The van der Waals surface area contributed by atoms with Crippen LogP contribution in [0.3, 0.4) is 0 Å². The van der Waals surface area contributed by atoms with Gasteiger partial charge in [-0.3, -0.25) is 19.3 Å². The van der Waals surface area contributed by atoms with Crippen molar-refractivity contribution >= 4 is 17.7 Å². The third kappa shape index (κ3) is 2.32. The van der Waals surface area contributed by atoms with Crippen LogP contribution < -0.4 is 0 Å². The van der Waals surface area contributed by atoms with Crippen LogP contribution in [0.1, 0.15) is 18.4 Å². The van der Waals surface area contributed by atoms with Crippen LogP contribution in [-0.4, -0.2) is 46.1 Å². The predicted octanol–water partition coefficient (Wildman–Crippen LogP) is 1.14. The standard InChI is InChI=1S/C17H18N2O3/c1-2-15(20)19-14(11-12-7-4-3-5-8-12)16(21)18-10-6-9-13(18)17(19)22/h2-5,7-8,13-14H,1,6,9-11H2/t13-,14+/m1/s1. The monoisotopic (exact) mass is 298 g/mol. The number of carbonyl (C=O) groups is 3. The van der Waals surface area contributed by atoms with Crippen molar-refractivity contribution in [1.82, 2.24) is 9.80 Å². The van der Waals surface area contributed by atoms with Crippen molar-refractivity contribution in [3.63, 3.8) is 0 Å². The lowest BCUT2D eigenvalue weighted by Crippen LogP contribution is -2.64. The molecule has 0 aromatic heterocycles. The van der Waals surface area contributed by atoms with E-state index in [1.54, 1.807) is 4.90 Å². The molecule has 0 saturated carbocycles. The summed E-state index contributed by atoms with van der Waals surface area (Å²) < 4.78 is 0. The fourth-order valence-corrected chi connectivity index (χ4v) is 3.28. The summed E-state index contributed by atoms with van der Waals surface area (Å²) in [6.07, 6.45) is 2.88. The number of imide groups is 1. The fourth-order valence-electron chi connectivity index (χ4n) is 3.28. The number of fused-ring (bicyclic) bond motifs is 1. The van der Waals surface area contributed by atoms with Gasteiger partial charge in [0.2, 0.25) is 5.91 Å². The second kappa shape index (κ2) is 5.75. The van der Waals surface area contributed by atoms with Crippen LogP contribution in [0.2, 0.25) is 0 Å². The van der Waals surface area contributed by atoms with Gasteiger partial charge in [0, 0.05) is 13.0 Å². The Balaban J connectivity index is 1.95. The molecule has 3 amide bonds. The summed E-state index contributed by atoms with van der Waals surface area (Å²) in [5, 5.41) is 0. The molecule has 0 radical (unpaired) electrons. The molecule has 2 aliphatic heterocycles. The number of rotatable bonds is 3. The largest absolute Gasteiger partial charge is 0.329 e. The Bertz CT molecular complexity index is 626. The van der Waals surface area contributed by atoms with Crippen molar-refractivity contribution in [2.24, 2.45) is 0 Å². The van der Waals surface area contributed by atoms with E-state index in [0.717, 1.165) is 23.0 Å².